The van der Waals surface area contributed by atoms with Crippen LogP contribution >= 0.6 is 0 Å². The number of oxime groups is 1. The highest BCUT2D eigenvalue weighted by Gasteiger charge is 2.13. The lowest BCUT2D eigenvalue weighted by Crippen LogP contribution is -2.25. The van der Waals surface area contributed by atoms with Gasteiger partial charge < -0.3 is 15.3 Å². The molecule has 2 aromatic rings. The summed E-state index contributed by atoms with van der Waals surface area (Å²) >= 11 is 0. The van der Waals surface area contributed by atoms with Gasteiger partial charge in [0.25, 0.3) is 5.91 Å². The second-order valence-electron chi connectivity index (χ2n) is 4.31. The van der Waals surface area contributed by atoms with Crippen LogP contribution in [0.4, 0.5) is 0 Å². The number of likely N-dealkylation sites (N-methyl/N-ethyl adjacent to an activating group) is 1. The molecule has 0 aliphatic carbocycles. The van der Waals surface area contributed by atoms with E-state index in [2.05, 4.69) is 10.5 Å². The average Bonchev–Trinajstić information content (AvgIpc) is 2.51. The number of amides is 1. The number of hydrogen-bond donors (Lipinski definition) is 2. The molecule has 2 N–H and O–H groups in total. The number of nitrogens with zero attached hydrogens (tertiary/aromatic N) is 1. The number of carbonyl (C=O) groups is 1. The molecule has 2 rings (SSSR count). The van der Waals surface area contributed by atoms with E-state index < -0.39 is 0 Å². The molecule has 0 heterocycles. The summed E-state index contributed by atoms with van der Waals surface area (Å²) in [6.45, 7) is 1.59. The van der Waals surface area contributed by atoms with E-state index in [9.17, 15) is 4.79 Å². The van der Waals surface area contributed by atoms with Crippen molar-refractivity contribution in [2.45, 2.75) is 6.92 Å². The van der Waals surface area contributed by atoms with Crippen LogP contribution < -0.4 is 10.1 Å². The summed E-state index contributed by atoms with van der Waals surface area (Å²) in [5, 5.41) is 16.5. The zero-order valence-corrected chi connectivity index (χ0v) is 11.4. The van der Waals surface area contributed by atoms with Crippen molar-refractivity contribution in [1.29, 1.82) is 0 Å². The molecular formula is C15H16N2O3. The lowest BCUT2D eigenvalue weighted by atomic mass is 10.0. The molecule has 0 radical (unpaired) electrons. The van der Waals surface area contributed by atoms with E-state index in [4.69, 9.17) is 9.94 Å². The van der Waals surface area contributed by atoms with Crippen LogP contribution in [0.15, 0.2) is 41.6 Å². The highest BCUT2D eigenvalue weighted by molar-refractivity contribution is 6.06. The summed E-state index contributed by atoms with van der Waals surface area (Å²) in [6, 6.07) is 11.4. The van der Waals surface area contributed by atoms with Gasteiger partial charge in [-0.05, 0) is 18.4 Å². The minimum Gasteiger partial charge on any atom is -0.482 e. The van der Waals surface area contributed by atoms with Gasteiger partial charge in [-0.1, -0.05) is 35.5 Å². The number of ether oxygens (including phenoxy) is 1. The predicted molar refractivity (Wildman–Crippen MR) is 77.5 cm³/mol. The fourth-order valence-corrected chi connectivity index (χ4v) is 1.95. The van der Waals surface area contributed by atoms with E-state index in [1.165, 1.54) is 0 Å². The fourth-order valence-electron chi connectivity index (χ4n) is 1.95. The van der Waals surface area contributed by atoms with E-state index in [1.54, 1.807) is 14.0 Å². The van der Waals surface area contributed by atoms with Gasteiger partial charge in [-0.3, -0.25) is 4.79 Å². The first kappa shape index (κ1) is 13.9. The van der Waals surface area contributed by atoms with Crippen molar-refractivity contribution >= 4 is 22.4 Å². The highest BCUT2D eigenvalue weighted by Crippen LogP contribution is 2.30. The van der Waals surface area contributed by atoms with Crippen LogP contribution in [-0.4, -0.2) is 30.5 Å². The molecule has 104 valence electrons. The Bertz CT molecular complexity index is 665. The molecule has 1 amide bonds. The zero-order chi connectivity index (χ0) is 14.5. The lowest BCUT2D eigenvalue weighted by molar-refractivity contribution is -0.122. The van der Waals surface area contributed by atoms with Crippen molar-refractivity contribution in [2.24, 2.45) is 5.16 Å². The molecule has 0 fully saturated rings. The summed E-state index contributed by atoms with van der Waals surface area (Å²) in [7, 11) is 1.55. The summed E-state index contributed by atoms with van der Waals surface area (Å²) in [6.07, 6.45) is 0. The van der Waals surface area contributed by atoms with E-state index >= 15 is 0 Å². The molecule has 0 aromatic heterocycles. The van der Waals surface area contributed by atoms with Crippen LogP contribution in [0.3, 0.4) is 0 Å². The molecule has 0 aliphatic heterocycles. The molecule has 0 atom stereocenters. The van der Waals surface area contributed by atoms with Crippen molar-refractivity contribution in [1.82, 2.24) is 5.32 Å². The first-order chi connectivity index (χ1) is 9.67. The molecule has 0 unspecified atom stereocenters. The molecule has 0 saturated heterocycles. The van der Waals surface area contributed by atoms with E-state index in [0.29, 0.717) is 17.0 Å². The Hall–Kier alpha value is -2.56. The number of nitrogens with one attached hydrogen (secondary N) is 1. The second-order valence-corrected chi connectivity index (χ2v) is 4.31. The summed E-state index contributed by atoms with van der Waals surface area (Å²) in [5.41, 5.74) is 1.10. The summed E-state index contributed by atoms with van der Waals surface area (Å²) in [5.74, 6) is 0.324. The van der Waals surface area contributed by atoms with Crippen LogP contribution in [0.5, 0.6) is 5.75 Å². The molecule has 0 saturated carbocycles. The molecular weight excluding hydrogens is 256 g/mol. The predicted octanol–water partition coefficient (Wildman–Crippen LogP) is 2.16. The van der Waals surface area contributed by atoms with Crippen LogP contribution in [0, 0.1) is 0 Å². The van der Waals surface area contributed by atoms with Crippen LogP contribution in [0.1, 0.15) is 12.5 Å². The number of benzene rings is 2. The van der Waals surface area contributed by atoms with Gasteiger partial charge in [0.2, 0.25) is 0 Å². The smallest absolute Gasteiger partial charge is 0.257 e. The van der Waals surface area contributed by atoms with Gasteiger partial charge in [0, 0.05) is 18.0 Å². The molecule has 5 nitrogen and oxygen atoms in total. The Morgan fingerprint density at radius 3 is 2.75 bits per heavy atom. The quantitative estimate of drug-likeness (QED) is 0.509. The Morgan fingerprint density at radius 1 is 1.30 bits per heavy atom. The van der Waals surface area contributed by atoms with Gasteiger partial charge >= 0.3 is 0 Å². The van der Waals surface area contributed by atoms with Gasteiger partial charge in [0.1, 0.15) is 5.75 Å². The minimum atomic E-state index is -0.220. The van der Waals surface area contributed by atoms with Gasteiger partial charge in [0.15, 0.2) is 6.61 Å². The molecule has 0 aliphatic rings. The first-order valence-electron chi connectivity index (χ1n) is 6.21. The maximum atomic E-state index is 11.4. The number of fused-ring (bicyclic) bond motifs is 1. The van der Waals surface area contributed by atoms with Crippen molar-refractivity contribution in [3.05, 3.63) is 42.0 Å². The molecule has 0 bridgehead atoms. The third-order valence-electron chi connectivity index (χ3n) is 3.05. The molecule has 5 heteroatoms. The first-order valence-corrected chi connectivity index (χ1v) is 6.21. The summed E-state index contributed by atoms with van der Waals surface area (Å²) in [4.78, 5) is 11.4. The summed E-state index contributed by atoms with van der Waals surface area (Å²) < 4.78 is 5.62. The number of carbonyl (C=O) groups excluding carboxylic acids is 1. The molecule has 0 spiro atoms. The molecule has 2 aromatic carbocycles. The Morgan fingerprint density at radius 2 is 2.05 bits per heavy atom. The van der Waals surface area contributed by atoms with E-state index in [-0.39, 0.29) is 12.5 Å². The lowest BCUT2D eigenvalue weighted by Gasteiger charge is -2.13. The number of rotatable bonds is 4. The van der Waals surface area contributed by atoms with Gasteiger partial charge in [-0.15, -0.1) is 0 Å². The second kappa shape index (κ2) is 6.06. The minimum absolute atomic E-state index is 0.0871. The van der Waals surface area contributed by atoms with Crippen molar-refractivity contribution in [2.75, 3.05) is 13.7 Å². The third-order valence-corrected chi connectivity index (χ3v) is 3.05. The van der Waals surface area contributed by atoms with Crippen molar-refractivity contribution in [3.63, 3.8) is 0 Å². The molecule has 20 heavy (non-hydrogen) atoms. The Balaban J connectivity index is 2.53. The van der Waals surface area contributed by atoms with Crippen LogP contribution in [0.2, 0.25) is 0 Å². The normalized spacial score (nSPS) is 11.4. The third kappa shape index (κ3) is 2.71. The van der Waals surface area contributed by atoms with Crippen LogP contribution in [0.25, 0.3) is 10.8 Å². The van der Waals surface area contributed by atoms with Gasteiger partial charge in [0.05, 0.1) is 5.71 Å². The standard InChI is InChI=1S/C15H16N2O3/c1-10(17-19)12-8-7-11-5-3-4-6-13(11)15(12)20-9-14(18)16-2/h3-8,19H,9H2,1-2H3,(H,16,18)/b17-10+. The van der Waals surface area contributed by atoms with Gasteiger partial charge in [-0.2, -0.15) is 0 Å². The van der Waals surface area contributed by atoms with Crippen molar-refractivity contribution in [3.8, 4) is 5.75 Å². The van der Waals surface area contributed by atoms with Crippen LogP contribution in [-0.2, 0) is 4.79 Å². The Kier molecular flexibility index (Phi) is 4.20. The SMILES string of the molecule is CNC(=O)COc1c(/C(C)=N/O)ccc2ccccc12. The van der Waals surface area contributed by atoms with E-state index in [1.807, 2.05) is 36.4 Å². The topological polar surface area (TPSA) is 70.9 Å². The van der Waals surface area contributed by atoms with Crippen molar-refractivity contribution < 1.29 is 14.7 Å². The Labute approximate surface area is 116 Å². The monoisotopic (exact) mass is 272 g/mol. The maximum absolute atomic E-state index is 11.4. The van der Waals surface area contributed by atoms with E-state index in [0.717, 1.165) is 10.8 Å². The average molecular weight is 272 g/mol. The number of hydrogen-bond acceptors (Lipinski definition) is 4. The van der Waals surface area contributed by atoms with Gasteiger partial charge in [-0.25, -0.2) is 0 Å². The zero-order valence-electron chi connectivity index (χ0n) is 11.4. The fraction of sp³-hybridized carbons (Fsp3) is 0.200. The highest BCUT2D eigenvalue weighted by atomic mass is 16.5. The largest absolute Gasteiger partial charge is 0.482 e. The maximum Gasteiger partial charge on any atom is 0.257 e.